The van der Waals surface area contributed by atoms with Gasteiger partial charge in [0.1, 0.15) is 18.6 Å². The molecule has 1 amide bonds. The topological polar surface area (TPSA) is 99.8 Å². The lowest BCUT2D eigenvalue weighted by atomic mass is 10.2. The van der Waals surface area contributed by atoms with E-state index in [1.807, 2.05) is 19.9 Å². The van der Waals surface area contributed by atoms with Gasteiger partial charge in [0.15, 0.2) is 0 Å². The maximum Gasteiger partial charge on any atom is 0.246 e. The van der Waals surface area contributed by atoms with Crippen LogP contribution in [0.4, 0.5) is 5.69 Å². The maximum absolute atomic E-state index is 12.3. The number of hydrogen-bond acceptors (Lipinski definition) is 6. The molecule has 0 saturated heterocycles. The van der Waals surface area contributed by atoms with Gasteiger partial charge in [0.2, 0.25) is 5.91 Å². The molecule has 124 valence electrons. The fraction of sp³-hybridized carbons (Fsp3) is 0.267. The second-order valence-electron chi connectivity index (χ2n) is 5.27. The molecular formula is C15H17N7O2. The standard InChI is InChI=1S/C15H17N7O2/c1-10-6-11(2)21(18-10)8-15(23)17-13-5-4-12(7-14(13)24-3)22-9-16-19-20-22/h4-7,9H,8H2,1-3H3,(H,17,23). The third-order valence-electron chi connectivity index (χ3n) is 3.47. The van der Waals surface area contributed by atoms with Crippen LogP contribution in [0.15, 0.2) is 30.6 Å². The van der Waals surface area contributed by atoms with Crippen molar-refractivity contribution in [2.24, 2.45) is 0 Å². The normalized spacial score (nSPS) is 10.6. The number of amides is 1. The molecule has 0 atom stereocenters. The van der Waals surface area contributed by atoms with Crippen LogP contribution in [-0.2, 0) is 11.3 Å². The summed E-state index contributed by atoms with van der Waals surface area (Å²) in [5.74, 6) is 0.333. The van der Waals surface area contributed by atoms with Gasteiger partial charge in [-0.05, 0) is 42.5 Å². The highest BCUT2D eigenvalue weighted by atomic mass is 16.5. The summed E-state index contributed by atoms with van der Waals surface area (Å²) in [5.41, 5.74) is 3.11. The van der Waals surface area contributed by atoms with Crippen LogP contribution < -0.4 is 10.1 Å². The summed E-state index contributed by atoms with van der Waals surface area (Å²) in [6, 6.07) is 7.21. The lowest BCUT2D eigenvalue weighted by Crippen LogP contribution is -2.20. The number of carbonyl (C=O) groups excluding carboxylic acids is 1. The zero-order valence-corrected chi connectivity index (χ0v) is 13.6. The van der Waals surface area contributed by atoms with Gasteiger partial charge in [0, 0.05) is 11.8 Å². The molecule has 1 N–H and O–H groups in total. The Morgan fingerprint density at radius 1 is 1.29 bits per heavy atom. The third-order valence-corrected chi connectivity index (χ3v) is 3.47. The minimum atomic E-state index is -0.185. The number of anilines is 1. The van der Waals surface area contributed by atoms with E-state index in [1.54, 1.807) is 22.9 Å². The first-order valence-corrected chi connectivity index (χ1v) is 7.29. The Morgan fingerprint density at radius 3 is 2.75 bits per heavy atom. The first-order chi connectivity index (χ1) is 11.6. The summed E-state index contributed by atoms with van der Waals surface area (Å²) in [6.45, 7) is 3.94. The molecule has 2 heterocycles. The molecule has 0 fully saturated rings. The largest absolute Gasteiger partial charge is 0.494 e. The van der Waals surface area contributed by atoms with Crippen molar-refractivity contribution >= 4 is 11.6 Å². The fourth-order valence-corrected chi connectivity index (χ4v) is 2.37. The molecule has 1 aromatic carbocycles. The van der Waals surface area contributed by atoms with Crippen molar-refractivity contribution in [2.75, 3.05) is 12.4 Å². The number of benzene rings is 1. The van der Waals surface area contributed by atoms with E-state index in [-0.39, 0.29) is 12.5 Å². The highest BCUT2D eigenvalue weighted by molar-refractivity contribution is 5.92. The van der Waals surface area contributed by atoms with Gasteiger partial charge in [0.25, 0.3) is 0 Å². The van der Waals surface area contributed by atoms with E-state index in [4.69, 9.17) is 4.74 Å². The Hall–Kier alpha value is -3.23. The number of nitrogens with one attached hydrogen (secondary N) is 1. The molecule has 24 heavy (non-hydrogen) atoms. The van der Waals surface area contributed by atoms with Crippen molar-refractivity contribution in [1.82, 2.24) is 30.0 Å². The number of rotatable bonds is 5. The minimum absolute atomic E-state index is 0.136. The molecule has 0 radical (unpaired) electrons. The van der Waals surface area contributed by atoms with Crippen LogP contribution in [0.25, 0.3) is 5.69 Å². The zero-order chi connectivity index (χ0) is 17.1. The summed E-state index contributed by atoms with van der Waals surface area (Å²) in [5, 5.41) is 18.1. The summed E-state index contributed by atoms with van der Waals surface area (Å²) < 4.78 is 8.51. The Kier molecular flexibility index (Phi) is 4.23. The molecule has 0 bridgehead atoms. The molecule has 0 aliphatic rings. The second-order valence-corrected chi connectivity index (χ2v) is 5.27. The van der Waals surface area contributed by atoms with Crippen LogP contribution in [0.5, 0.6) is 5.75 Å². The highest BCUT2D eigenvalue weighted by Gasteiger charge is 2.12. The first kappa shape index (κ1) is 15.7. The number of aromatic nitrogens is 6. The van der Waals surface area contributed by atoms with E-state index in [0.29, 0.717) is 11.4 Å². The Balaban J connectivity index is 1.77. The predicted octanol–water partition coefficient (Wildman–Crippen LogP) is 1.12. The number of methoxy groups -OCH3 is 1. The SMILES string of the molecule is COc1cc(-n2cnnn2)ccc1NC(=O)Cn1nc(C)cc1C. The average Bonchev–Trinajstić information content (AvgIpc) is 3.18. The number of ether oxygens (including phenoxy) is 1. The van der Waals surface area contributed by atoms with Gasteiger partial charge in [-0.25, -0.2) is 4.68 Å². The van der Waals surface area contributed by atoms with Crippen LogP contribution in [0.1, 0.15) is 11.4 Å². The number of nitrogens with zero attached hydrogens (tertiary/aromatic N) is 6. The number of hydrogen-bond donors (Lipinski definition) is 1. The van der Waals surface area contributed by atoms with Crippen LogP contribution in [0.3, 0.4) is 0 Å². The van der Waals surface area contributed by atoms with E-state index >= 15 is 0 Å². The van der Waals surface area contributed by atoms with E-state index in [9.17, 15) is 4.79 Å². The minimum Gasteiger partial charge on any atom is -0.494 e. The van der Waals surface area contributed by atoms with Gasteiger partial charge in [0.05, 0.1) is 24.2 Å². The molecule has 9 heteroatoms. The van der Waals surface area contributed by atoms with Crippen molar-refractivity contribution < 1.29 is 9.53 Å². The van der Waals surface area contributed by atoms with Gasteiger partial charge in [-0.3, -0.25) is 9.48 Å². The zero-order valence-electron chi connectivity index (χ0n) is 13.6. The number of aryl methyl sites for hydroxylation is 2. The molecule has 0 aliphatic heterocycles. The van der Waals surface area contributed by atoms with Crippen LogP contribution >= 0.6 is 0 Å². The molecule has 2 aromatic heterocycles. The summed E-state index contributed by atoms with van der Waals surface area (Å²) in [7, 11) is 1.54. The molecule has 3 rings (SSSR count). The van der Waals surface area contributed by atoms with Gasteiger partial charge in [-0.1, -0.05) is 0 Å². The highest BCUT2D eigenvalue weighted by Crippen LogP contribution is 2.26. The molecule has 0 unspecified atom stereocenters. The molecule has 0 spiro atoms. The Bertz CT molecular complexity index is 855. The number of carbonyl (C=O) groups is 1. The Morgan fingerprint density at radius 2 is 2.12 bits per heavy atom. The van der Waals surface area contributed by atoms with Gasteiger partial charge in [-0.2, -0.15) is 5.10 Å². The second kappa shape index (κ2) is 6.49. The van der Waals surface area contributed by atoms with Crippen LogP contribution in [0.2, 0.25) is 0 Å². The first-order valence-electron chi connectivity index (χ1n) is 7.29. The summed E-state index contributed by atoms with van der Waals surface area (Å²) in [6.07, 6.45) is 1.48. The van der Waals surface area contributed by atoms with Gasteiger partial charge < -0.3 is 10.1 Å². The summed E-state index contributed by atoms with van der Waals surface area (Å²) >= 11 is 0. The average molecular weight is 327 g/mol. The van der Waals surface area contributed by atoms with Gasteiger partial charge in [-0.15, -0.1) is 5.10 Å². The maximum atomic E-state index is 12.3. The van der Waals surface area contributed by atoms with E-state index < -0.39 is 0 Å². The van der Waals surface area contributed by atoms with E-state index in [0.717, 1.165) is 17.1 Å². The van der Waals surface area contributed by atoms with E-state index in [2.05, 4.69) is 25.9 Å². The molecule has 3 aromatic rings. The number of tetrazole rings is 1. The van der Waals surface area contributed by atoms with Crippen molar-refractivity contribution in [3.63, 3.8) is 0 Å². The fourth-order valence-electron chi connectivity index (χ4n) is 2.37. The third kappa shape index (κ3) is 3.24. The van der Waals surface area contributed by atoms with Crippen molar-refractivity contribution in [3.8, 4) is 11.4 Å². The molecular weight excluding hydrogens is 310 g/mol. The molecule has 0 saturated carbocycles. The van der Waals surface area contributed by atoms with Crippen LogP contribution in [-0.4, -0.2) is 43.0 Å². The van der Waals surface area contributed by atoms with Gasteiger partial charge >= 0.3 is 0 Å². The molecule has 9 nitrogen and oxygen atoms in total. The monoisotopic (exact) mass is 327 g/mol. The van der Waals surface area contributed by atoms with Crippen molar-refractivity contribution in [2.45, 2.75) is 20.4 Å². The molecule has 0 aliphatic carbocycles. The summed E-state index contributed by atoms with van der Waals surface area (Å²) in [4.78, 5) is 12.3. The van der Waals surface area contributed by atoms with E-state index in [1.165, 1.54) is 18.1 Å². The smallest absolute Gasteiger partial charge is 0.246 e. The quantitative estimate of drug-likeness (QED) is 0.754. The van der Waals surface area contributed by atoms with Crippen LogP contribution in [0, 0.1) is 13.8 Å². The Labute approximate surface area is 138 Å². The lowest BCUT2D eigenvalue weighted by molar-refractivity contribution is -0.116. The van der Waals surface area contributed by atoms with Crippen molar-refractivity contribution in [3.05, 3.63) is 42.0 Å². The lowest BCUT2D eigenvalue weighted by Gasteiger charge is -2.12. The van der Waals surface area contributed by atoms with Crippen molar-refractivity contribution in [1.29, 1.82) is 0 Å². The predicted molar refractivity (Wildman–Crippen MR) is 86.0 cm³/mol.